The Kier molecular flexibility index (Phi) is 2.86. The van der Waals surface area contributed by atoms with Gasteiger partial charge >= 0.3 is 0 Å². The molecular weight excluding hydrogens is 198 g/mol. The maximum atomic E-state index is 4.63. The van der Waals surface area contributed by atoms with Gasteiger partial charge < -0.3 is 9.88 Å². The van der Waals surface area contributed by atoms with Crippen molar-refractivity contribution in [3.63, 3.8) is 0 Å². The molecule has 0 aliphatic heterocycles. The largest absolute Gasteiger partial charge is 0.356 e. The minimum absolute atomic E-state index is 0.904. The van der Waals surface area contributed by atoms with E-state index in [1.807, 2.05) is 0 Å². The Balaban J connectivity index is 2.67. The Hall–Kier alpha value is -1.51. The summed E-state index contributed by atoms with van der Waals surface area (Å²) in [5.74, 6) is 0.977. The first kappa shape index (κ1) is 11.0. The average molecular weight is 217 g/mol. The van der Waals surface area contributed by atoms with Gasteiger partial charge in [-0.3, -0.25) is 0 Å². The molecule has 16 heavy (non-hydrogen) atoms. The molecule has 0 saturated carbocycles. The van der Waals surface area contributed by atoms with Gasteiger partial charge in [0.25, 0.3) is 0 Å². The number of aromatic nitrogens is 2. The molecular formula is C13H19N3. The van der Waals surface area contributed by atoms with Crippen molar-refractivity contribution in [3.05, 3.63) is 23.3 Å². The second-order valence-corrected chi connectivity index (χ2v) is 4.14. The molecule has 3 nitrogen and oxygen atoms in total. The van der Waals surface area contributed by atoms with Crippen molar-refractivity contribution >= 4 is 17.0 Å². The molecule has 0 saturated heterocycles. The van der Waals surface area contributed by atoms with Crippen LogP contribution in [0, 0.1) is 13.8 Å². The summed E-state index contributed by atoms with van der Waals surface area (Å²) in [5.41, 5.74) is 4.93. The number of nitrogens with one attached hydrogen (secondary N) is 1. The summed E-state index contributed by atoms with van der Waals surface area (Å²) >= 11 is 0. The monoisotopic (exact) mass is 217 g/mol. The SMILES string of the molecule is CCNc1nc2cc(C)c(C)cc2n1CC. The molecule has 0 fully saturated rings. The molecule has 0 unspecified atom stereocenters. The lowest BCUT2D eigenvalue weighted by molar-refractivity contribution is 0.789. The van der Waals surface area contributed by atoms with Crippen LogP contribution >= 0.6 is 0 Å². The van der Waals surface area contributed by atoms with Crippen molar-refractivity contribution in [3.8, 4) is 0 Å². The van der Waals surface area contributed by atoms with Gasteiger partial charge in [0.1, 0.15) is 0 Å². The Morgan fingerprint density at radius 2 is 1.88 bits per heavy atom. The molecule has 1 heterocycles. The van der Waals surface area contributed by atoms with Gasteiger partial charge in [-0.25, -0.2) is 4.98 Å². The molecule has 0 bridgehead atoms. The number of rotatable bonds is 3. The molecule has 1 N–H and O–H groups in total. The maximum Gasteiger partial charge on any atom is 0.203 e. The van der Waals surface area contributed by atoms with Gasteiger partial charge in [0.15, 0.2) is 0 Å². The standard InChI is InChI=1S/C13H19N3/c1-5-14-13-15-11-7-9(3)10(4)8-12(11)16(13)6-2/h7-8H,5-6H2,1-4H3,(H,14,15). The van der Waals surface area contributed by atoms with Crippen molar-refractivity contribution in [2.24, 2.45) is 0 Å². The molecule has 1 aromatic carbocycles. The number of nitrogens with zero attached hydrogens (tertiary/aromatic N) is 2. The van der Waals surface area contributed by atoms with E-state index in [9.17, 15) is 0 Å². The van der Waals surface area contributed by atoms with Crippen LogP contribution < -0.4 is 5.32 Å². The van der Waals surface area contributed by atoms with E-state index < -0.39 is 0 Å². The summed E-state index contributed by atoms with van der Waals surface area (Å²) in [5, 5.41) is 3.31. The molecule has 0 radical (unpaired) electrons. The Morgan fingerprint density at radius 3 is 2.50 bits per heavy atom. The predicted molar refractivity (Wildman–Crippen MR) is 69.0 cm³/mol. The third-order valence-electron chi connectivity index (χ3n) is 3.01. The summed E-state index contributed by atoms with van der Waals surface area (Å²) < 4.78 is 2.23. The van der Waals surface area contributed by atoms with Crippen LogP contribution in [0.5, 0.6) is 0 Å². The highest BCUT2D eigenvalue weighted by Gasteiger charge is 2.09. The third-order valence-corrected chi connectivity index (χ3v) is 3.01. The normalized spacial score (nSPS) is 11.0. The summed E-state index contributed by atoms with van der Waals surface area (Å²) in [6.07, 6.45) is 0. The lowest BCUT2D eigenvalue weighted by atomic mass is 10.1. The smallest absolute Gasteiger partial charge is 0.203 e. The zero-order valence-electron chi connectivity index (χ0n) is 10.5. The predicted octanol–water partition coefficient (Wildman–Crippen LogP) is 3.10. The van der Waals surface area contributed by atoms with Crippen LogP contribution in [0.2, 0.25) is 0 Å². The number of benzene rings is 1. The minimum Gasteiger partial charge on any atom is -0.356 e. The van der Waals surface area contributed by atoms with Crippen LogP contribution in [0.15, 0.2) is 12.1 Å². The fraction of sp³-hybridized carbons (Fsp3) is 0.462. The third kappa shape index (κ3) is 1.66. The quantitative estimate of drug-likeness (QED) is 0.856. The lowest BCUT2D eigenvalue weighted by Gasteiger charge is -2.06. The zero-order valence-corrected chi connectivity index (χ0v) is 10.5. The van der Waals surface area contributed by atoms with Crippen LogP contribution in [0.1, 0.15) is 25.0 Å². The van der Waals surface area contributed by atoms with Crippen LogP contribution in [-0.4, -0.2) is 16.1 Å². The van der Waals surface area contributed by atoms with Gasteiger partial charge in [-0.05, 0) is 51.0 Å². The van der Waals surface area contributed by atoms with E-state index in [0.29, 0.717) is 0 Å². The molecule has 0 aliphatic carbocycles. The van der Waals surface area contributed by atoms with E-state index in [1.54, 1.807) is 0 Å². The first-order valence-corrected chi connectivity index (χ1v) is 5.88. The van der Waals surface area contributed by atoms with E-state index in [-0.39, 0.29) is 0 Å². The molecule has 0 amide bonds. The molecule has 0 spiro atoms. The highest BCUT2D eigenvalue weighted by atomic mass is 15.2. The van der Waals surface area contributed by atoms with Gasteiger partial charge in [-0.2, -0.15) is 0 Å². The fourth-order valence-corrected chi connectivity index (χ4v) is 1.99. The molecule has 0 atom stereocenters. The fourth-order valence-electron chi connectivity index (χ4n) is 1.99. The number of imidazole rings is 1. The van der Waals surface area contributed by atoms with Crippen LogP contribution in [0.25, 0.3) is 11.0 Å². The average Bonchev–Trinajstić information content (AvgIpc) is 2.56. The molecule has 3 heteroatoms. The number of hydrogen-bond acceptors (Lipinski definition) is 2. The number of fused-ring (bicyclic) bond motifs is 1. The minimum atomic E-state index is 0.904. The molecule has 2 rings (SSSR count). The van der Waals surface area contributed by atoms with E-state index in [0.717, 1.165) is 24.6 Å². The van der Waals surface area contributed by atoms with E-state index in [1.165, 1.54) is 16.6 Å². The molecule has 0 aliphatic rings. The topological polar surface area (TPSA) is 29.9 Å². The summed E-state index contributed by atoms with van der Waals surface area (Å²) in [4.78, 5) is 4.63. The second-order valence-electron chi connectivity index (χ2n) is 4.14. The van der Waals surface area contributed by atoms with Crippen molar-refractivity contribution in [2.45, 2.75) is 34.2 Å². The second kappa shape index (κ2) is 4.16. The Bertz CT molecular complexity index is 511. The van der Waals surface area contributed by atoms with Gasteiger partial charge in [0.05, 0.1) is 11.0 Å². The first-order chi connectivity index (χ1) is 7.67. The Morgan fingerprint density at radius 1 is 1.19 bits per heavy atom. The van der Waals surface area contributed by atoms with Gasteiger partial charge in [-0.15, -0.1) is 0 Å². The number of hydrogen-bond donors (Lipinski definition) is 1. The van der Waals surface area contributed by atoms with Crippen LogP contribution in [-0.2, 0) is 6.54 Å². The van der Waals surface area contributed by atoms with E-state index in [4.69, 9.17) is 0 Å². The summed E-state index contributed by atoms with van der Waals surface area (Å²) in [7, 11) is 0. The van der Waals surface area contributed by atoms with E-state index >= 15 is 0 Å². The number of aryl methyl sites for hydroxylation is 3. The molecule has 1 aromatic heterocycles. The summed E-state index contributed by atoms with van der Waals surface area (Å²) in [6, 6.07) is 4.39. The summed E-state index contributed by atoms with van der Waals surface area (Å²) in [6.45, 7) is 10.4. The van der Waals surface area contributed by atoms with Crippen molar-refractivity contribution in [2.75, 3.05) is 11.9 Å². The number of anilines is 1. The lowest BCUT2D eigenvalue weighted by Crippen LogP contribution is -2.05. The molecule has 2 aromatic rings. The molecule has 86 valence electrons. The van der Waals surface area contributed by atoms with Gasteiger partial charge in [0, 0.05) is 13.1 Å². The van der Waals surface area contributed by atoms with Crippen molar-refractivity contribution in [1.82, 2.24) is 9.55 Å². The maximum absolute atomic E-state index is 4.63. The van der Waals surface area contributed by atoms with E-state index in [2.05, 4.69) is 54.7 Å². The highest BCUT2D eigenvalue weighted by Crippen LogP contribution is 2.23. The highest BCUT2D eigenvalue weighted by molar-refractivity contribution is 5.80. The van der Waals surface area contributed by atoms with Crippen molar-refractivity contribution in [1.29, 1.82) is 0 Å². The first-order valence-electron chi connectivity index (χ1n) is 5.88. The van der Waals surface area contributed by atoms with Gasteiger partial charge in [-0.1, -0.05) is 0 Å². The van der Waals surface area contributed by atoms with Gasteiger partial charge in [0.2, 0.25) is 5.95 Å². The zero-order chi connectivity index (χ0) is 11.7. The van der Waals surface area contributed by atoms with Crippen LogP contribution in [0.4, 0.5) is 5.95 Å². The van der Waals surface area contributed by atoms with Crippen LogP contribution in [0.3, 0.4) is 0 Å². The van der Waals surface area contributed by atoms with Crippen molar-refractivity contribution < 1.29 is 0 Å². The Labute approximate surface area is 96.5 Å².